The number of hydrogen-bond acceptors (Lipinski definition) is 1. The Morgan fingerprint density at radius 2 is 1.75 bits per heavy atom. The van der Waals surface area contributed by atoms with E-state index in [1.165, 1.54) is 36.0 Å². The van der Waals surface area contributed by atoms with Gasteiger partial charge >= 0.3 is 0 Å². The van der Waals surface area contributed by atoms with Gasteiger partial charge in [-0.15, -0.1) is 0 Å². The molecule has 0 atom stereocenters. The van der Waals surface area contributed by atoms with Gasteiger partial charge in [-0.25, -0.2) is 0 Å². The molecule has 1 aliphatic rings. The SMILES string of the molecule is CC(C)NCc1cccc(-c2ccc3c(c2)CCC3)c1. The van der Waals surface area contributed by atoms with Crippen molar-refractivity contribution in [1.82, 2.24) is 5.32 Å². The first-order valence-corrected chi connectivity index (χ1v) is 7.67. The summed E-state index contributed by atoms with van der Waals surface area (Å²) in [6.07, 6.45) is 3.82. The van der Waals surface area contributed by atoms with Gasteiger partial charge in [0.05, 0.1) is 0 Å². The summed E-state index contributed by atoms with van der Waals surface area (Å²) >= 11 is 0. The first-order chi connectivity index (χ1) is 9.72. The van der Waals surface area contributed by atoms with E-state index in [1.807, 2.05) is 0 Å². The van der Waals surface area contributed by atoms with Crippen LogP contribution >= 0.6 is 0 Å². The van der Waals surface area contributed by atoms with E-state index >= 15 is 0 Å². The van der Waals surface area contributed by atoms with E-state index in [0.717, 1.165) is 6.54 Å². The fraction of sp³-hybridized carbons (Fsp3) is 0.368. The molecule has 0 unspecified atom stereocenters. The van der Waals surface area contributed by atoms with Crippen LogP contribution in [0.15, 0.2) is 42.5 Å². The van der Waals surface area contributed by atoms with Gasteiger partial charge in [0.15, 0.2) is 0 Å². The lowest BCUT2D eigenvalue weighted by Crippen LogP contribution is -2.21. The van der Waals surface area contributed by atoms with Gasteiger partial charge in [0.25, 0.3) is 0 Å². The maximum absolute atomic E-state index is 3.48. The van der Waals surface area contributed by atoms with Crippen molar-refractivity contribution in [3.8, 4) is 11.1 Å². The van der Waals surface area contributed by atoms with Crippen LogP contribution in [0.3, 0.4) is 0 Å². The molecular weight excluding hydrogens is 242 g/mol. The fourth-order valence-electron chi connectivity index (χ4n) is 2.93. The average Bonchev–Trinajstić information content (AvgIpc) is 2.93. The lowest BCUT2D eigenvalue weighted by molar-refractivity contribution is 0.589. The van der Waals surface area contributed by atoms with E-state index in [2.05, 4.69) is 61.6 Å². The lowest BCUT2D eigenvalue weighted by Gasteiger charge is -2.10. The molecule has 0 aliphatic heterocycles. The number of aryl methyl sites for hydroxylation is 2. The highest BCUT2D eigenvalue weighted by molar-refractivity contribution is 5.66. The molecule has 0 heterocycles. The Morgan fingerprint density at radius 3 is 2.60 bits per heavy atom. The van der Waals surface area contributed by atoms with Crippen molar-refractivity contribution in [2.24, 2.45) is 0 Å². The smallest absolute Gasteiger partial charge is 0.0208 e. The molecule has 104 valence electrons. The molecule has 20 heavy (non-hydrogen) atoms. The second-order valence-electron chi connectivity index (χ2n) is 6.07. The van der Waals surface area contributed by atoms with Gasteiger partial charge in [-0.1, -0.05) is 50.2 Å². The molecule has 2 aromatic carbocycles. The molecular formula is C19H23N. The van der Waals surface area contributed by atoms with Crippen LogP contribution in [0.25, 0.3) is 11.1 Å². The highest BCUT2D eigenvalue weighted by Crippen LogP contribution is 2.28. The van der Waals surface area contributed by atoms with Gasteiger partial charge in [-0.2, -0.15) is 0 Å². The van der Waals surface area contributed by atoms with E-state index in [4.69, 9.17) is 0 Å². The second kappa shape index (κ2) is 5.80. The van der Waals surface area contributed by atoms with Gasteiger partial charge in [0.1, 0.15) is 0 Å². The molecule has 0 radical (unpaired) electrons. The summed E-state index contributed by atoms with van der Waals surface area (Å²) in [6.45, 7) is 5.31. The Balaban J connectivity index is 1.84. The van der Waals surface area contributed by atoms with Crippen LogP contribution in [-0.4, -0.2) is 6.04 Å². The number of hydrogen-bond donors (Lipinski definition) is 1. The van der Waals surface area contributed by atoms with E-state index in [0.29, 0.717) is 6.04 Å². The van der Waals surface area contributed by atoms with Crippen molar-refractivity contribution in [3.05, 3.63) is 59.2 Å². The maximum atomic E-state index is 3.48. The minimum atomic E-state index is 0.527. The first-order valence-electron chi connectivity index (χ1n) is 7.67. The van der Waals surface area contributed by atoms with Gasteiger partial charge in [0.2, 0.25) is 0 Å². The van der Waals surface area contributed by atoms with Crippen LogP contribution in [0, 0.1) is 0 Å². The third kappa shape index (κ3) is 2.94. The third-order valence-electron chi connectivity index (χ3n) is 4.07. The molecule has 0 bridgehead atoms. The summed E-state index contributed by atoms with van der Waals surface area (Å²) < 4.78 is 0. The molecule has 1 nitrogen and oxygen atoms in total. The predicted octanol–water partition coefficient (Wildman–Crippen LogP) is 4.34. The second-order valence-corrected chi connectivity index (χ2v) is 6.07. The Kier molecular flexibility index (Phi) is 3.88. The molecule has 1 aliphatic carbocycles. The van der Waals surface area contributed by atoms with Crippen LogP contribution in [0.2, 0.25) is 0 Å². The number of benzene rings is 2. The van der Waals surface area contributed by atoms with Crippen molar-refractivity contribution in [2.75, 3.05) is 0 Å². The van der Waals surface area contributed by atoms with Crippen LogP contribution < -0.4 is 5.32 Å². The standard InChI is InChI=1S/C19H23N/c1-14(2)20-13-15-5-3-7-17(11-15)19-10-9-16-6-4-8-18(16)12-19/h3,5,7,9-12,14,20H,4,6,8,13H2,1-2H3. The zero-order valence-electron chi connectivity index (χ0n) is 12.4. The molecule has 1 heteroatoms. The summed E-state index contributed by atoms with van der Waals surface area (Å²) in [5.41, 5.74) is 7.15. The molecule has 0 fully saturated rings. The summed E-state index contributed by atoms with van der Waals surface area (Å²) in [7, 11) is 0. The molecule has 3 rings (SSSR count). The largest absolute Gasteiger partial charge is 0.310 e. The number of rotatable bonds is 4. The first kappa shape index (κ1) is 13.4. The van der Waals surface area contributed by atoms with Gasteiger partial charge in [-0.3, -0.25) is 0 Å². The molecule has 0 amide bonds. The van der Waals surface area contributed by atoms with Crippen molar-refractivity contribution >= 4 is 0 Å². The Hall–Kier alpha value is -1.60. The molecule has 0 saturated heterocycles. The minimum Gasteiger partial charge on any atom is -0.310 e. The van der Waals surface area contributed by atoms with Crippen LogP contribution in [-0.2, 0) is 19.4 Å². The topological polar surface area (TPSA) is 12.0 Å². The van der Waals surface area contributed by atoms with Crippen molar-refractivity contribution in [2.45, 2.75) is 45.7 Å². The average molecular weight is 265 g/mol. The molecule has 2 aromatic rings. The minimum absolute atomic E-state index is 0.527. The third-order valence-corrected chi connectivity index (χ3v) is 4.07. The molecule has 1 N–H and O–H groups in total. The quantitative estimate of drug-likeness (QED) is 0.867. The zero-order chi connectivity index (χ0) is 13.9. The highest BCUT2D eigenvalue weighted by atomic mass is 14.9. The van der Waals surface area contributed by atoms with Gasteiger partial charge < -0.3 is 5.32 Å². The fourth-order valence-corrected chi connectivity index (χ4v) is 2.93. The summed E-state index contributed by atoms with van der Waals surface area (Å²) in [4.78, 5) is 0. The van der Waals surface area contributed by atoms with E-state index in [-0.39, 0.29) is 0 Å². The summed E-state index contributed by atoms with van der Waals surface area (Å²) in [6, 6.07) is 16.4. The van der Waals surface area contributed by atoms with Crippen LogP contribution in [0.1, 0.15) is 37.0 Å². The number of nitrogens with one attached hydrogen (secondary N) is 1. The monoisotopic (exact) mass is 265 g/mol. The Morgan fingerprint density at radius 1 is 0.950 bits per heavy atom. The van der Waals surface area contributed by atoms with Crippen molar-refractivity contribution in [3.63, 3.8) is 0 Å². The van der Waals surface area contributed by atoms with E-state index in [1.54, 1.807) is 11.1 Å². The maximum Gasteiger partial charge on any atom is 0.0208 e. The van der Waals surface area contributed by atoms with E-state index in [9.17, 15) is 0 Å². The Bertz CT molecular complexity index is 598. The summed E-state index contributed by atoms with van der Waals surface area (Å²) in [5.74, 6) is 0. The zero-order valence-corrected chi connectivity index (χ0v) is 12.4. The number of fused-ring (bicyclic) bond motifs is 1. The summed E-state index contributed by atoms with van der Waals surface area (Å²) in [5, 5.41) is 3.48. The van der Waals surface area contributed by atoms with E-state index < -0.39 is 0 Å². The highest BCUT2D eigenvalue weighted by Gasteiger charge is 2.11. The van der Waals surface area contributed by atoms with Gasteiger partial charge in [0, 0.05) is 12.6 Å². The van der Waals surface area contributed by atoms with Crippen LogP contribution in [0.4, 0.5) is 0 Å². The predicted molar refractivity (Wildman–Crippen MR) is 85.9 cm³/mol. The molecule has 0 saturated carbocycles. The van der Waals surface area contributed by atoms with Gasteiger partial charge in [-0.05, 0) is 53.1 Å². The van der Waals surface area contributed by atoms with Crippen molar-refractivity contribution in [1.29, 1.82) is 0 Å². The molecule has 0 spiro atoms. The lowest BCUT2D eigenvalue weighted by atomic mass is 9.99. The Labute approximate surface area is 122 Å². The normalized spacial score (nSPS) is 13.8. The van der Waals surface area contributed by atoms with Crippen LogP contribution in [0.5, 0.6) is 0 Å². The van der Waals surface area contributed by atoms with Crippen molar-refractivity contribution < 1.29 is 0 Å². The molecule has 0 aromatic heterocycles.